The highest BCUT2D eigenvalue weighted by molar-refractivity contribution is 9.10. The summed E-state index contributed by atoms with van der Waals surface area (Å²) in [6.45, 7) is 1.22. The van der Waals surface area contributed by atoms with Crippen LogP contribution in [0.15, 0.2) is 22.7 Å². The maximum Gasteiger partial charge on any atom is 0.0178 e. The third kappa shape index (κ3) is 3.11. The number of hydrogen-bond donors (Lipinski definition) is 1. The Bertz CT molecular complexity index is 398. The summed E-state index contributed by atoms with van der Waals surface area (Å²) >= 11 is 3.55. The summed E-state index contributed by atoms with van der Waals surface area (Å²) in [6.07, 6.45) is 8.09. The van der Waals surface area contributed by atoms with Crippen molar-refractivity contribution >= 4 is 15.9 Å². The highest BCUT2D eigenvalue weighted by atomic mass is 79.9. The van der Waals surface area contributed by atoms with Gasteiger partial charge in [-0.05, 0) is 61.4 Å². The first-order valence-corrected chi connectivity index (χ1v) is 7.61. The van der Waals surface area contributed by atoms with Gasteiger partial charge in [0.05, 0.1) is 0 Å². The first kappa shape index (κ1) is 11.7. The van der Waals surface area contributed by atoms with Crippen LogP contribution in [0, 0.1) is 5.92 Å². The van der Waals surface area contributed by atoms with Gasteiger partial charge in [0.2, 0.25) is 0 Å². The third-order valence-electron chi connectivity index (χ3n) is 4.08. The van der Waals surface area contributed by atoms with Gasteiger partial charge >= 0.3 is 0 Å². The van der Waals surface area contributed by atoms with E-state index in [-0.39, 0.29) is 0 Å². The molecule has 1 N–H and O–H groups in total. The van der Waals surface area contributed by atoms with Gasteiger partial charge in [0.15, 0.2) is 0 Å². The van der Waals surface area contributed by atoms with Crippen molar-refractivity contribution in [3.8, 4) is 0 Å². The van der Waals surface area contributed by atoms with Crippen molar-refractivity contribution < 1.29 is 0 Å². The molecule has 0 bridgehead atoms. The molecule has 1 saturated carbocycles. The minimum Gasteiger partial charge on any atom is -0.314 e. The van der Waals surface area contributed by atoms with E-state index in [1.807, 2.05) is 0 Å². The highest BCUT2D eigenvalue weighted by Gasteiger charge is 2.22. The zero-order chi connectivity index (χ0) is 11.7. The number of hydrogen-bond acceptors (Lipinski definition) is 1. The lowest BCUT2D eigenvalue weighted by Gasteiger charge is -2.25. The van der Waals surface area contributed by atoms with Gasteiger partial charge < -0.3 is 5.32 Å². The molecule has 92 valence electrons. The van der Waals surface area contributed by atoms with Crippen LogP contribution >= 0.6 is 15.9 Å². The molecule has 2 heteroatoms. The van der Waals surface area contributed by atoms with E-state index in [2.05, 4.69) is 39.4 Å². The zero-order valence-electron chi connectivity index (χ0n) is 10.2. The van der Waals surface area contributed by atoms with Gasteiger partial charge in [-0.25, -0.2) is 0 Å². The van der Waals surface area contributed by atoms with Crippen LogP contribution in [0.1, 0.15) is 36.8 Å². The molecule has 0 spiro atoms. The van der Waals surface area contributed by atoms with Crippen molar-refractivity contribution in [3.05, 3.63) is 33.8 Å². The van der Waals surface area contributed by atoms with Gasteiger partial charge in [-0.3, -0.25) is 0 Å². The second-order valence-electron chi connectivity index (χ2n) is 5.54. The number of aryl methyl sites for hydroxylation is 1. The second kappa shape index (κ2) is 5.11. The first-order valence-electron chi connectivity index (χ1n) is 6.82. The van der Waals surface area contributed by atoms with Crippen LogP contribution in [-0.2, 0) is 12.8 Å². The van der Waals surface area contributed by atoms with Gasteiger partial charge in [0.25, 0.3) is 0 Å². The smallest absolute Gasteiger partial charge is 0.0178 e. The first-order chi connectivity index (χ1) is 8.31. The van der Waals surface area contributed by atoms with Crippen LogP contribution < -0.4 is 5.32 Å². The molecule has 0 aromatic heterocycles. The molecule has 0 aliphatic heterocycles. The van der Waals surface area contributed by atoms with Crippen LogP contribution in [0.25, 0.3) is 0 Å². The summed E-state index contributed by atoms with van der Waals surface area (Å²) in [5, 5.41) is 3.74. The Morgan fingerprint density at radius 2 is 2.06 bits per heavy atom. The average Bonchev–Trinajstić information content (AvgIpc) is 3.13. The normalized spacial score (nSPS) is 23.5. The number of fused-ring (bicyclic) bond motifs is 1. The molecule has 0 saturated heterocycles. The summed E-state index contributed by atoms with van der Waals surface area (Å²) in [5.74, 6) is 1.05. The van der Waals surface area contributed by atoms with Gasteiger partial charge in [0, 0.05) is 10.5 Å². The van der Waals surface area contributed by atoms with E-state index in [1.54, 1.807) is 11.1 Å². The molecule has 1 aromatic carbocycles. The summed E-state index contributed by atoms with van der Waals surface area (Å²) in [7, 11) is 0. The predicted octanol–water partition coefficient (Wildman–Crippen LogP) is 3.70. The Hall–Kier alpha value is -0.340. The van der Waals surface area contributed by atoms with Crippen molar-refractivity contribution in [2.24, 2.45) is 5.92 Å². The maximum absolute atomic E-state index is 3.74. The Labute approximate surface area is 112 Å². The number of rotatable bonds is 4. The summed E-state index contributed by atoms with van der Waals surface area (Å²) in [4.78, 5) is 0. The molecule has 1 aromatic rings. The Morgan fingerprint density at radius 1 is 1.18 bits per heavy atom. The van der Waals surface area contributed by atoms with Crippen molar-refractivity contribution in [1.82, 2.24) is 5.32 Å². The molecule has 17 heavy (non-hydrogen) atoms. The van der Waals surface area contributed by atoms with Gasteiger partial charge in [-0.2, -0.15) is 0 Å². The molecular formula is C15H20BrN. The van der Waals surface area contributed by atoms with Crippen LogP contribution in [-0.4, -0.2) is 12.6 Å². The van der Waals surface area contributed by atoms with Crippen LogP contribution in [0.3, 0.4) is 0 Å². The van der Waals surface area contributed by atoms with E-state index in [9.17, 15) is 0 Å². The fourth-order valence-corrected chi connectivity index (χ4v) is 3.20. The maximum atomic E-state index is 3.74. The second-order valence-corrected chi connectivity index (χ2v) is 6.45. The molecule has 1 atom stereocenters. The van der Waals surface area contributed by atoms with Crippen LogP contribution in [0.5, 0.6) is 0 Å². The van der Waals surface area contributed by atoms with Crippen LogP contribution in [0.4, 0.5) is 0 Å². The number of nitrogens with one attached hydrogen (secondary N) is 1. The van der Waals surface area contributed by atoms with E-state index in [4.69, 9.17) is 0 Å². The van der Waals surface area contributed by atoms with E-state index in [1.165, 1.54) is 49.5 Å². The highest BCUT2D eigenvalue weighted by Crippen LogP contribution is 2.32. The minimum absolute atomic E-state index is 0.711. The quantitative estimate of drug-likeness (QED) is 0.893. The van der Waals surface area contributed by atoms with Gasteiger partial charge in [0.1, 0.15) is 0 Å². The van der Waals surface area contributed by atoms with E-state index >= 15 is 0 Å². The minimum atomic E-state index is 0.711. The average molecular weight is 294 g/mol. The van der Waals surface area contributed by atoms with E-state index in [0.717, 1.165) is 5.92 Å². The number of benzene rings is 1. The Balaban J connectivity index is 1.54. The number of halogens is 1. The summed E-state index contributed by atoms with van der Waals surface area (Å²) < 4.78 is 1.22. The fraction of sp³-hybridized carbons (Fsp3) is 0.600. The zero-order valence-corrected chi connectivity index (χ0v) is 11.8. The van der Waals surface area contributed by atoms with Crippen LogP contribution in [0.2, 0.25) is 0 Å². The Kier molecular flexibility index (Phi) is 3.53. The third-order valence-corrected chi connectivity index (χ3v) is 4.57. The topological polar surface area (TPSA) is 12.0 Å². The molecule has 1 nitrogen and oxygen atoms in total. The fourth-order valence-electron chi connectivity index (χ4n) is 2.80. The molecular weight excluding hydrogens is 274 g/mol. The van der Waals surface area contributed by atoms with Crippen molar-refractivity contribution in [2.75, 3.05) is 6.54 Å². The molecule has 1 unspecified atom stereocenters. The summed E-state index contributed by atoms with van der Waals surface area (Å²) in [5.41, 5.74) is 3.09. The largest absolute Gasteiger partial charge is 0.314 e. The molecule has 1 fully saturated rings. The standard InChI is InChI=1S/C15H20BrN/c16-14-5-3-13-10-15(6-4-12(13)9-14)17-8-7-11-1-2-11/h3,5,9,11,15,17H,1-2,4,6-8,10H2. The Morgan fingerprint density at radius 3 is 2.88 bits per heavy atom. The lowest BCUT2D eigenvalue weighted by Crippen LogP contribution is -2.35. The van der Waals surface area contributed by atoms with Gasteiger partial charge in [-0.1, -0.05) is 34.8 Å². The van der Waals surface area contributed by atoms with Gasteiger partial charge in [-0.15, -0.1) is 0 Å². The molecule has 0 radical (unpaired) electrons. The molecule has 0 amide bonds. The van der Waals surface area contributed by atoms with Crippen molar-refractivity contribution in [3.63, 3.8) is 0 Å². The molecule has 2 aliphatic rings. The van der Waals surface area contributed by atoms with Crippen molar-refractivity contribution in [2.45, 2.75) is 44.6 Å². The van der Waals surface area contributed by atoms with E-state index < -0.39 is 0 Å². The van der Waals surface area contributed by atoms with Crippen molar-refractivity contribution in [1.29, 1.82) is 0 Å². The molecule has 0 heterocycles. The molecule has 3 rings (SSSR count). The SMILES string of the molecule is Brc1ccc2c(c1)CCC(NCCC1CC1)C2. The summed E-state index contributed by atoms with van der Waals surface area (Å²) in [6, 6.07) is 7.46. The monoisotopic (exact) mass is 293 g/mol. The lowest BCUT2D eigenvalue weighted by atomic mass is 9.88. The van der Waals surface area contributed by atoms with E-state index in [0.29, 0.717) is 6.04 Å². The molecule has 2 aliphatic carbocycles. The predicted molar refractivity (Wildman–Crippen MR) is 75.3 cm³/mol. The lowest BCUT2D eigenvalue weighted by molar-refractivity contribution is 0.447.